The number of carboxylic acids is 1. The summed E-state index contributed by atoms with van der Waals surface area (Å²) in [5.41, 5.74) is 1.42. The quantitative estimate of drug-likeness (QED) is 0.766. The molecule has 1 heterocycles. The number of hydrogen-bond acceptors (Lipinski definition) is 4. The van der Waals surface area contributed by atoms with Crippen molar-refractivity contribution in [2.24, 2.45) is 0 Å². The molecule has 21 heavy (non-hydrogen) atoms. The lowest BCUT2D eigenvalue weighted by Gasteiger charge is -2.15. The van der Waals surface area contributed by atoms with Gasteiger partial charge in [-0.15, -0.1) is 11.3 Å². The number of nitrogens with one attached hydrogen (secondary N) is 2. The molecule has 0 spiro atoms. The van der Waals surface area contributed by atoms with Crippen molar-refractivity contribution in [3.05, 3.63) is 52.2 Å². The first-order valence-corrected chi connectivity index (χ1v) is 7.31. The molecule has 1 unspecified atom stereocenters. The minimum atomic E-state index is -0.932. The zero-order chi connectivity index (χ0) is 15.2. The minimum absolute atomic E-state index is 0.146. The predicted octanol–water partition coefficient (Wildman–Crippen LogP) is 2.62. The van der Waals surface area contributed by atoms with Gasteiger partial charge in [0.1, 0.15) is 6.04 Å². The Bertz CT molecular complexity index is 625. The average Bonchev–Trinajstić information content (AvgIpc) is 2.86. The molecule has 6 heteroatoms. The second-order valence-electron chi connectivity index (χ2n) is 4.50. The number of thiophene rings is 1. The molecule has 0 fully saturated rings. The molecule has 110 valence electrons. The summed E-state index contributed by atoms with van der Waals surface area (Å²) < 4.78 is 0. The number of aliphatic carboxylic acids is 1. The van der Waals surface area contributed by atoms with E-state index in [-0.39, 0.29) is 5.91 Å². The summed E-state index contributed by atoms with van der Waals surface area (Å²) in [7, 11) is 0. The van der Waals surface area contributed by atoms with Gasteiger partial charge in [0.25, 0.3) is 0 Å². The summed E-state index contributed by atoms with van der Waals surface area (Å²) >= 11 is 1.47. The smallest absolute Gasteiger partial charge is 0.325 e. The third kappa shape index (κ3) is 4.14. The Morgan fingerprint density at radius 1 is 1.24 bits per heavy atom. The molecule has 1 atom stereocenters. The van der Waals surface area contributed by atoms with Crippen molar-refractivity contribution in [1.82, 2.24) is 5.32 Å². The van der Waals surface area contributed by atoms with Gasteiger partial charge in [0, 0.05) is 18.3 Å². The van der Waals surface area contributed by atoms with Gasteiger partial charge in [-0.25, -0.2) is 0 Å². The van der Waals surface area contributed by atoms with Crippen LogP contribution in [0, 0.1) is 0 Å². The molecule has 0 saturated heterocycles. The Morgan fingerprint density at radius 3 is 2.57 bits per heavy atom. The SMILES string of the molecule is CC(=O)Nc1ccsc1CNC(C(=O)O)c1ccccc1. The summed E-state index contributed by atoms with van der Waals surface area (Å²) in [5.74, 6) is -1.08. The summed E-state index contributed by atoms with van der Waals surface area (Å²) in [5, 5.41) is 16.9. The molecule has 1 aromatic heterocycles. The fourth-order valence-electron chi connectivity index (χ4n) is 1.97. The molecule has 5 nitrogen and oxygen atoms in total. The lowest BCUT2D eigenvalue weighted by atomic mass is 10.1. The number of benzene rings is 1. The Morgan fingerprint density at radius 2 is 1.95 bits per heavy atom. The second-order valence-corrected chi connectivity index (χ2v) is 5.50. The number of anilines is 1. The Balaban J connectivity index is 2.08. The van der Waals surface area contributed by atoms with E-state index in [0.717, 1.165) is 10.6 Å². The number of carboxylic acid groups (broad SMARTS) is 1. The van der Waals surface area contributed by atoms with Crippen LogP contribution in [-0.4, -0.2) is 17.0 Å². The van der Waals surface area contributed by atoms with Crippen molar-refractivity contribution in [3.8, 4) is 0 Å². The fraction of sp³-hybridized carbons (Fsp3) is 0.200. The molecule has 2 rings (SSSR count). The molecule has 0 aliphatic rings. The van der Waals surface area contributed by atoms with Crippen molar-refractivity contribution in [3.63, 3.8) is 0 Å². The molecule has 0 radical (unpaired) electrons. The Labute approximate surface area is 126 Å². The Hall–Kier alpha value is -2.18. The molecular weight excluding hydrogens is 288 g/mol. The van der Waals surface area contributed by atoms with Gasteiger partial charge in [0.2, 0.25) is 5.91 Å². The summed E-state index contributed by atoms with van der Waals surface area (Å²) in [6.45, 7) is 1.82. The second kappa shape index (κ2) is 7.01. The van der Waals surface area contributed by atoms with Gasteiger partial charge in [-0.3, -0.25) is 14.9 Å². The van der Waals surface area contributed by atoms with E-state index < -0.39 is 12.0 Å². The van der Waals surface area contributed by atoms with Gasteiger partial charge < -0.3 is 10.4 Å². The molecule has 1 amide bonds. The third-order valence-electron chi connectivity index (χ3n) is 2.90. The lowest BCUT2D eigenvalue weighted by molar-refractivity contribution is -0.139. The highest BCUT2D eigenvalue weighted by Crippen LogP contribution is 2.23. The van der Waals surface area contributed by atoms with E-state index in [1.54, 1.807) is 30.3 Å². The van der Waals surface area contributed by atoms with E-state index in [9.17, 15) is 14.7 Å². The molecule has 1 aromatic carbocycles. The first-order chi connectivity index (χ1) is 10.1. The van der Waals surface area contributed by atoms with Crippen LogP contribution < -0.4 is 10.6 Å². The van der Waals surface area contributed by atoms with Crippen LogP contribution in [0.15, 0.2) is 41.8 Å². The minimum Gasteiger partial charge on any atom is -0.480 e. The van der Waals surface area contributed by atoms with E-state index in [0.29, 0.717) is 12.1 Å². The first kappa shape index (κ1) is 15.2. The monoisotopic (exact) mass is 304 g/mol. The van der Waals surface area contributed by atoms with Crippen molar-refractivity contribution in [2.75, 3.05) is 5.32 Å². The van der Waals surface area contributed by atoms with Crippen LogP contribution >= 0.6 is 11.3 Å². The third-order valence-corrected chi connectivity index (χ3v) is 3.82. The van der Waals surface area contributed by atoms with E-state index in [2.05, 4.69) is 10.6 Å². The predicted molar refractivity (Wildman–Crippen MR) is 82.3 cm³/mol. The molecule has 0 saturated carbocycles. The number of carbonyl (C=O) groups excluding carboxylic acids is 1. The first-order valence-electron chi connectivity index (χ1n) is 6.43. The molecule has 0 aliphatic heterocycles. The normalized spacial score (nSPS) is 11.9. The van der Waals surface area contributed by atoms with Gasteiger partial charge in [0.15, 0.2) is 0 Å². The maximum Gasteiger partial charge on any atom is 0.325 e. The van der Waals surface area contributed by atoms with E-state index in [4.69, 9.17) is 0 Å². The highest BCUT2D eigenvalue weighted by Gasteiger charge is 2.19. The number of amides is 1. The average molecular weight is 304 g/mol. The van der Waals surface area contributed by atoms with Crippen LogP contribution in [0.25, 0.3) is 0 Å². The largest absolute Gasteiger partial charge is 0.480 e. The number of rotatable bonds is 6. The molecule has 0 aliphatic carbocycles. The lowest BCUT2D eigenvalue weighted by Crippen LogP contribution is -2.28. The van der Waals surface area contributed by atoms with Crippen LogP contribution in [0.1, 0.15) is 23.4 Å². The van der Waals surface area contributed by atoms with Gasteiger partial charge in [-0.1, -0.05) is 30.3 Å². The number of carbonyl (C=O) groups is 2. The van der Waals surface area contributed by atoms with E-state index >= 15 is 0 Å². The number of hydrogen-bond donors (Lipinski definition) is 3. The molecule has 2 aromatic rings. The summed E-state index contributed by atoms with van der Waals surface area (Å²) in [6, 6.07) is 10.0. The highest BCUT2D eigenvalue weighted by atomic mass is 32.1. The maximum atomic E-state index is 11.4. The summed E-state index contributed by atoms with van der Waals surface area (Å²) in [4.78, 5) is 23.4. The fourth-order valence-corrected chi connectivity index (χ4v) is 2.75. The standard InChI is InChI=1S/C15H16N2O3S/c1-10(18)17-12-7-8-21-13(12)9-16-14(15(19)20)11-5-3-2-4-6-11/h2-8,14,16H,9H2,1H3,(H,17,18)(H,19,20). The molecule has 0 bridgehead atoms. The van der Waals surface area contributed by atoms with Gasteiger partial charge >= 0.3 is 5.97 Å². The van der Waals surface area contributed by atoms with Crippen LogP contribution in [-0.2, 0) is 16.1 Å². The van der Waals surface area contributed by atoms with Crippen LogP contribution in [0.2, 0.25) is 0 Å². The van der Waals surface area contributed by atoms with Crippen LogP contribution in [0.3, 0.4) is 0 Å². The molecule has 3 N–H and O–H groups in total. The zero-order valence-corrected chi connectivity index (χ0v) is 12.3. The maximum absolute atomic E-state index is 11.4. The van der Waals surface area contributed by atoms with Gasteiger partial charge in [-0.05, 0) is 17.0 Å². The highest BCUT2D eigenvalue weighted by molar-refractivity contribution is 7.10. The summed E-state index contributed by atoms with van der Waals surface area (Å²) in [6.07, 6.45) is 0. The van der Waals surface area contributed by atoms with Crippen LogP contribution in [0.4, 0.5) is 5.69 Å². The van der Waals surface area contributed by atoms with Gasteiger partial charge in [-0.2, -0.15) is 0 Å². The topological polar surface area (TPSA) is 78.4 Å². The van der Waals surface area contributed by atoms with Crippen LogP contribution in [0.5, 0.6) is 0 Å². The van der Waals surface area contributed by atoms with Crippen molar-refractivity contribution < 1.29 is 14.7 Å². The molecular formula is C15H16N2O3S. The van der Waals surface area contributed by atoms with Crippen molar-refractivity contribution in [1.29, 1.82) is 0 Å². The van der Waals surface area contributed by atoms with E-state index in [1.807, 2.05) is 11.4 Å². The van der Waals surface area contributed by atoms with Crippen molar-refractivity contribution in [2.45, 2.75) is 19.5 Å². The van der Waals surface area contributed by atoms with E-state index in [1.165, 1.54) is 18.3 Å². The van der Waals surface area contributed by atoms with Crippen molar-refractivity contribution >= 4 is 28.9 Å². The Kier molecular flexibility index (Phi) is 5.08. The van der Waals surface area contributed by atoms with Gasteiger partial charge in [0.05, 0.1) is 5.69 Å². The zero-order valence-electron chi connectivity index (χ0n) is 11.5.